The van der Waals surface area contributed by atoms with Gasteiger partial charge in [-0.1, -0.05) is 45.9 Å². The van der Waals surface area contributed by atoms with Crippen molar-refractivity contribution >= 4 is 34.2 Å². The van der Waals surface area contributed by atoms with Gasteiger partial charge in [-0.25, -0.2) is 4.98 Å². The topological polar surface area (TPSA) is 91.4 Å². The molecule has 0 radical (unpaired) electrons. The molecule has 1 aromatic heterocycles. The van der Waals surface area contributed by atoms with Crippen LogP contribution >= 0.6 is 11.3 Å². The van der Waals surface area contributed by atoms with Gasteiger partial charge >= 0.3 is 0 Å². The first-order valence-corrected chi connectivity index (χ1v) is 11.8. The smallest absolute Gasteiger partial charge is 0.254 e. The monoisotopic (exact) mass is 458 g/mol. The molecule has 2 N–H and O–H groups in total. The molecule has 7 nitrogen and oxygen atoms in total. The summed E-state index contributed by atoms with van der Waals surface area (Å²) in [7, 11) is 0. The zero-order valence-corrected chi connectivity index (χ0v) is 20.6. The summed E-state index contributed by atoms with van der Waals surface area (Å²) in [5, 5.41) is 7.89. The molecule has 1 unspecified atom stereocenters. The summed E-state index contributed by atoms with van der Waals surface area (Å²) in [6.45, 7) is 12.4. The van der Waals surface area contributed by atoms with Crippen LogP contribution in [-0.4, -0.2) is 46.7 Å². The third-order valence-corrected chi connectivity index (χ3v) is 5.92. The minimum atomic E-state index is -0.314. The molecule has 0 aliphatic carbocycles. The molecule has 3 amide bonds. The third-order valence-electron chi connectivity index (χ3n) is 5.11. The number of benzene rings is 1. The number of aryl methyl sites for hydroxylation is 1. The van der Waals surface area contributed by atoms with Crippen LogP contribution in [0.25, 0.3) is 0 Å². The highest BCUT2D eigenvalue weighted by Gasteiger charge is 2.22. The molecule has 1 aromatic carbocycles. The van der Waals surface area contributed by atoms with E-state index in [9.17, 15) is 14.4 Å². The number of amides is 3. The second-order valence-corrected chi connectivity index (χ2v) is 9.72. The van der Waals surface area contributed by atoms with E-state index in [2.05, 4.69) is 15.6 Å². The Morgan fingerprint density at radius 3 is 2.38 bits per heavy atom. The first kappa shape index (κ1) is 25.5. The van der Waals surface area contributed by atoms with E-state index in [0.29, 0.717) is 28.9 Å². The molecule has 2 aromatic rings. The van der Waals surface area contributed by atoms with Gasteiger partial charge in [0.1, 0.15) is 6.54 Å². The maximum Gasteiger partial charge on any atom is 0.254 e. The number of carbonyl (C=O) groups excluding carboxylic acids is 3. The van der Waals surface area contributed by atoms with E-state index < -0.39 is 0 Å². The first-order valence-electron chi connectivity index (χ1n) is 10.9. The number of hydrogen-bond donors (Lipinski definition) is 2. The summed E-state index contributed by atoms with van der Waals surface area (Å²) in [5.74, 6) is -0.00946. The molecule has 2 rings (SSSR count). The van der Waals surface area contributed by atoms with Crippen molar-refractivity contribution in [2.24, 2.45) is 11.8 Å². The number of thiazole rings is 1. The molecular formula is C24H34N4O3S. The molecule has 0 saturated carbocycles. The van der Waals surface area contributed by atoms with Gasteiger partial charge in [-0.15, -0.1) is 11.3 Å². The van der Waals surface area contributed by atoms with Crippen LogP contribution < -0.4 is 10.6 Å². The van der Waals surface area contributed by atoms with Gasteiger partial charge in [0.25, 0.3) is 5.91 Å². The molecule has 174 valence electrons. The van der Waals surface area contributed by atoms with Crippen LogP contribution in [0.3, 0.4) is 0 Å². The fourth-order valence-corrected chi connectivity index (χ4v) is 3.78. The second-order valence-electron chi connectivity index (χ2n) is 8.86. The van der Waals surface area contributed by atoms with E-state index in [1.807, 2.05) is 59.7 Å². The average molecular weight is 459 g/mol. The molecule has 32 heavy (non-hydrogen) atoms. The maximum atomic E-state index is 13.0. The van der Waals surface area contributed by atoms with E-state index >= 15 is 0 Å². The lowest BCUT2D eigenvalue weighted by molar-refractivity contribution is -0.121. The van der Waals surface area contributed by atoms with Crippen molar-refractivity contribution in [3.05, 3.63) is 46.5 Å². The van der Waals surface area contributed by atoms with Crippen LogP contribution in [0, 0.1) is 18.8 Å². The Labute approximate surface area is 194 Å². The summed E-state index contributed by atoms with van der Waals surface area (Å²) < 4.78 is 0. The van der Waals surface area contributed by atoms with Crippen molar-refractivity contribution in [3.8, 4) is 0 Å². The minimum Gasteiger partial charge on any atom is -0.353 e. The van der Waals surface area contributed by atoms with Crippen molar-refractivity contribution in [1.82, 2.24) is 15.2 Å². The quantitative estimate of drug-likeness (QED) is 0.565. The Kier molecular flexibility index (Phi) is 9.38. The Bertz CT molecular complexity index is 939. The lowest BCUT2D eigenvalue weighted by Gasteiger charge is -2.24. The van der Waals surface area contributed by atoms with Gasteiger partial charge in [0.15, 0.2) is 5.13 Å². The summed E-state index contributed by atoms with van der Waals surface area (Å²) >= 11 is 1.27. The summed E-state index contributed by atoms with van der Waals surface area (Å²) in [5.41, 5.74) is 2.08. The van der Waals surface area contributed by atoms with Crippen LogP contribution in [0.5, 0.6) is 0 Å². The van der Waals surface area contributed by atoms with Gasteiger partial charge in [-0.3, -0.25) is 14.4 Å². The molecule has 1 atom stereocenters. The number of rotatable bonds is 10. The number of carbonyl (C=O) groups is 3. The van der Waals surface area contributed by atoms with Crippen molar-refractivity contribution in [3.63, 3.8) is 0 Å². The van der Waals surface area contributed by atoms with Crippen LogP contribution in [0.1, 0.15) is 56.2 Å². The number of aromatic nitrogens is 1. The molecule has 0 aliphatic rings. The number of anilines is 1. The molecular weight excluding hydrogens is 424 g/mol. The van der Waals surface area contributed by atoms with E-state index in [0.717, 1.165) is 5.56 Å². The highest BCUT2D eigenvalue weighted by Crippen LogP contribution is 2.17. The summed E-state index contributed by atoms with van der Waals surface area (Å²) in [4.78, 5) is 43.8. The van der Waals surface area contributed by atoms with E-state index in [1.54, 1.807) is 16.3 Å². The standard InChI is InChI=1S/C24H34N4O3S/c1-15(2)12-28(23(31)20-10-8-7-9-17(20)5)13-22(30)27-24-26-19(14-32-24)11-21(29)25-18(6)16(3)4/h7-10,14-16,18H,11-13H2,1-6H3,(H,25,29)(H,26,27,30). The fourth-order valence-electron chi connectivity index (χ4n) is 3.06. The van der Waals surface area contributed by atoms with Crippen molar-refractivity contribution < 1.29 is 14.4 Å². The Hall–Kier alpha value is -2.74. The van der Waals surface area contributed by atoms with Crippen LogP contribution in [0.4, 0.5) is 5.13 Å². The highest BCUT2D eigenvalue weighted by atomic mass is 32.1. The van der Waals surface area contributed by atoms with Gasteiger partial charge in [0.05, 0.1) is 12.1 Å². The lowest BCUT2D eigenvalue weighted by atomic mass is 10.1. The van der Waals surface area contributed by atoms with Gasteiger partial charge in [-0.2, -0.15) is 0 Å². The van der Waals surface area contributed by atoms with Crippen LogP contribution in [0.15, 0.2) is 29.6 Å². The largest absolute Gasteiger partial charge is 0.353 e. The summed E-state index contributed by atoms with van der Waals surface area (Å²) in [6.07, 6.45) is 0.161. The molecule has 0 aliphatic heterocycles. The van der Waals surface area contributed by atoms with E-state index in [1.165, 1.54) is 11.3 Å². The zero-order valence-electron chi connectivity index (χ0n) is 19.8. The predicted octanol–water partition coefficient (Wildman–Crippen LogP) is 3.89. The summed E-state index contributed by atoms with van der Waals surface area (Å²) in [6, 6.07) is 7.45. The molecule has 0 saturated heterocycles. The Morgan fingerprint density at radius 1 is 1.06 bits per heavy atom. The van der Waals surface area contributed by atoms with E-state index in [-0.39, 0.29) is 42.6 Å². The third kappa shape index (κ3) is 7.75. The highest BCUT2D eigenvalue weighted by molar-refractivity contribution is 7.13. The van der Waals surface area contributed by atoms with Crippen LogP contribution in [0.2, 0.25) is 0 Å². The number of hydrogen-bond acceptors (Lipinski definition) is 5. The van der Waals surface area contributed by atoms with Gasteiger partial charge in [0.2, 0.25) is 11.8 Å². The molecule has 0 spiro atoms. The van der Waals surface area contributed by atoms with Gasteiger partial charge < -0.3 is 15.5 Å². The first-order chi connectivity index (χ1) is 15.1. The molecule has 8 heteroatoms. The molecule has 0 bridgehead atoms. The fraction of sp³-hybridized carbons (Fsp3) is 0.500. The zero-order chi connectivity index (χ0) is 23.8. The van der Waals surface area contributed by atoms with Crippen LogP contribution in [-0.2, 0) is 16.0 Å². The van der Waals surface area contributed by atoms with E-state index in [4.69, 9.17) is 0 Å². The Morgan fingerprint density at radius 2 is 1.75 bits per heavy atom. The maximum absolute atomic E-state index is 13.0. The normalized spacial score (nSPS) is 12.0. The van der Waals surface area contributed by atoms with Crippen molar-refractivity contribution in [2.45, 2.75) is 54.0 Å². The Balaban J connectivity index is 1.99. The van der Waals surface area contributed by atoms with Gasteiger partial charge in [-0.05, 0) is 37.3 Å². The SMILES string of the molecule is Cc1ccccc1C(=O)N(CC(=O)Nc1nc(CC(=O)NC(C)C(C)C)cs1)CC(C)C. The van der Waals surface area contributed by atoms with Crippen molar-refractivity contribution in [1.29, 1.82) is 0 Å². The predicted molar refractivity (Wildman–Crippen MR) is 129 cm³/mol. The molecule has 0 fully saturated rings. The second kappa shape index (κ2) is 11.8. The molecule has 1 heterocycles. The number of nitrogens with zero attached hydrogens (tertiary/aromatic N) is 2. The lowest BCUT2D eigenvalue weighted by Crippen LogP contribution is -2.40. The van der Waals surface area contributed by atoms with Gasteiger partial charge in [0, 0.05) is 23.5 Å². The minimum absolute atomic E-state index is 0.0628. The van der Waals surface area contributed by atoms with Crippen molar-refractivity contribution in [2.75, 3.05) is 18.4 Å². The average Bonchev–Trinajstić information content (AvgIpc) is 3.13. The number of nitrogens with one attached hydrogen (secondary N) is 2.